The number of ether oxygens (including phenoxy) is 1. The zero-order chi connectivity index (χ0) is 19.9. The van der Waals surface area contributed by atoms with Gasteiger partial charge in [-0.3, -0.25) is 14.7 Å². The summed E-state index contributed by atoms with van der Waals surface area (Å²) in [5.41, 5.74) is 5.43. The van der Waals surface area contributed by atoms with Gasteiger partial charge in [-0.25, -0.2) is 0 Å². The fraction of sp³-hybridized carbons (Fsp3) is 0.900. The van der Waals surface area contributed by atoms with E-state index in [4.69, 9.17) is 15.5 Å². The number of guanidine groups is 1. The molecule has 2 unspecified atom stereocenters. The highest BCUT2D eigenvalue weighted by Gasteiger charge is 2.35. The van der Waals surface area contributed by atoms with E-state index >= 15 is 0 Å². The maximum absolute atomic E-state index is 11.1. The van der Waals surface area contributed by atoms with Crippen LogP contribution in [0.2, 0.25) is 0 Å². The van der Waals surface area contributed by atoms with Crippen LogP contribution >= 0.6 is 0 Å². The second-order valence-electron chi connectivity index (χ2n) is 8.94. The van der Waals surface area contributed by atoms with Crippen molar-refractivity contribution >= 4 is 11.9 Å². The Kier molecular flexibility index (Phi) is 8.35. The van der Waals surface area contributed by atoms with Gasteiger partial charge in [0.2, 0.25) is 5.91 Å². The molecule has 0 radical (unpaired) electrons. The minimum atomic E-state index is -0.251. The third-order valence-electron chi connectivity index (χ3n) is 5.43. The number of primary amides is 1. The molecule has 0 aromatic rings. The number of nitrogens with one attached hydrogen (secondary N) is 2. The summed E-state index contributed by atoms with van der Waals surface area (Å²) in [5.74, 6) is 1.11. The number of amides is 1. The Morgan fingerprint density at radius 2 is 1.96 bits per heavy atom. The van der Waals surface area contributed by atoms with Gasteiger partial charge in [-0.15, -0.1) is 0 Å². The fourth-order valence-corrected chi connectivity index (χ4v) is 4.17. The number of nitrogens with zero attached hydrogens (tertiary/aromatic N) is 2. The van der Waals surface area contributed by atoms with Gasteiger partial charge in [0.1, 0.15) is 0 Å². The summed E-state index contributed by atoms with van der Waals surface area (Å²) in [7, 11) is 0. The van der Waals surface area contributed by atoms with Crippen LogP contribution < -0.4 is 16.4 Å². The van der Waals surface area contributed by atoms with Crippen molar-refractivity contribution in [3.8, 4) is 0 Å². The Morgan fingerprint density at radius 1 is 1.26 bits per heavy atom. The number of nitrogens with two attached hydrogens (primary N) is 1. The van der Waals surface area contributed by atoms with E-state index in [0.29, 0.717) is 18.5 Å². The maximum Gasteiger partial charge on any atom is 0.231 e. The van der Waals surface area contributed by atoms with Crippen molar-refractivity contribution in [3.63, 3.8) is 0 Å². The van der Waals surface area contributed by atoms with E-state index < -0.39 is 0 Å². The predicted molar refractivity (Wildman–Crippen MR) is 110 cm³/mol. The molecule has 156 valence electrons. The molecule has 2 aliphatic heterocycles. The Bertz CT molecular complexity index is 495. The van der Waals surface area contributed by atoms with Gasteiger partial charge in [0, 0.05) is 44.7 Å². The van der Waals surface area contributed by atoms with Crippen LogP contribution in [-0.4, -0.2) is 68.2 Å². The molecule has 2 rings (SSSR count). The first-order valence-electron chi connectivity index (χ1n) is 10.5. The molecular weight excluding hydrogens is 342 g/mol. The van der Waals surface area contributed by atoms with Crippen LogP contribution in [0.3, 0.4) is 0 Å². The smallest absolute Gasteiger partial charge is 0.231 e. The van der Waals surface area contributed by atoms with E-state index in [1.165, 1.54) is 6.42 Å². The minimum absolute atomic E-state index is 0.139. The number of carbonyl (C=O) groups is 1. The average Bonchev–Trinajstić information content (AvgIpc) is 2.60. The molecule has 2 saturated heterocycles. The molecule has 0 saturated carbocycles. The van der Waals surface area contributed by atoms with Crippen molar-refractivity contribution in [2.75, 3.05) is 39.3 Å². The number of likely N-dealkylation sites (tertiary alicyclic amines) is 1. The first-order valence-corrected chi connectivity index (χ1v) is 10.5. The number of hydrogen-bond acceptors (Lipinski definition) is 4. The van der Waals surface area contributed by atoms with E-state index in [0.717, 1.165) is 58.0 Å². The lowest BCUT2D eigenvalue weighted by Crippen LogP contribution is -2.50. The summed E-state index contributed by atoms with van der Waals surface area (Å²) in [5, 5.41) is 6.96. The SMILES string of the molecule is CCNC(=NCC1CCCOC1C(C)(C)C)NC1CCN(CC(N)=O)CC1. The van der Waals surface area contributed by atoms with Crippen molar-refractivity contribution in [1.82, 2.24) is 15.5 Å². The van der Waals surface area contributed by atoms with Gasteiger partial charge in [0.25, 0.3) is 0 Å². The summed E-state index contributed by atoms with van der Waals surface area (Å²) in [6.45, 7) is 13.5. The lowest BCUT2D eigenvalue weighted by atomic mass is 9.78. The molecule has 0 aliphatic carbocycles. The van der Waals surface area contributed by atoms with Gasteiger partial charge in [-0.1, -0.05) is 20.8 Å². The summed E-state index contributed by atoms with van der Waals surface area (Å²) < 4.78 is 6.09. The van der Waals surface area contributed by atoms with E-state index in [1.54, 1.807) is 0 Å². The maximum atomic E-state index is 11.1. The molecule has 2 aliphatic rings. The van der Waals surface area contributed by atoms with Crippen molar-refractivity contribution in [1.29, 1.82) is 0 Å². The van der Waals surface area contributed by atoms with Crippen LogP contribution in [0.5, 0.6) is 0 Å². The van der Waals surface area contributed by atoms with Gasteiger partial charge in [0.15, 0.2) is 5.96 Å². The molecule has 0 spiro atoms. The van der Waals surface area contributed by atoms with Crippen molar-refractivity contribution < 1.29 is 9.53 Å². The molecule has 0 aromatic carbocycles. The van der Waals surface area contributed by atoms with E-state index in [-0.39, 0.29) is 17.4 Å². The van der Waals surface area contributed by atoms with Crippen LogP contribution in [-0.2, 0) is 9.53 Å². The van der Waals surface area contributed by atoms with Crippen LogP contribution in [0, 0.1) is 11.3 Å². The van der Waals surface area contributed by atoms with E-state index in [2.05, 4.69) is 43.2 Å². The fourth-order valence-electron chi connectivity index (χ4n) is 4.17. The first kappa shape index (κ1) is 22.0. The summed E-state index contributed by atoms with van der Waals surface area (Å²) in [6, 6.07) is 0.382. The Labute approximate surface area is 164 Å². The summed E-state index contributed by atoms with van der Waals surface area (Å²) >= 11 is 0. The first-order chi connectivity index (χ1) is 12.8. The summed E-state index contributed by atoms with van der Waals surface area (Å²) in [4.78, 5) is 18.1. The number of hydrogen-bond donors (Lipinski definition) is 3. The second-order valence-corrected chi connectivity index (χ2v) is 8.94. The number of piperidine rings is 1. The van der Waals surface area contributed by atoms with Crippen LogP contribution in [0.15, 0.2) is 4.99 Å². The zero-order valence-electron chi connectivity index (χ0n) is 17.6. The third kappa shape index (κ3) is 7.30. The lowest BCUT2D eigenvalue weighted by Gasteiger charge is -2.39. The normalized spacial score (nSPS) is 26.0. The second kappa shape index (κ2) is 10.3. The number of rotatable bonds is 6. The van der Waals surface area contributed by atoms with Gasteiger partial charge >= 0.3 is 0 Å². The molecule has 2 fully saturated rings. The Balaban J connectivity index is 1.89. The molecule has 2 atom stereocenters. The van der Waals surface area contributed by atoms with Gasteiger partial charge < -0.3 is 21.1 Å². The van der Waals surface area contributed by atoms with Gasteiger partial charge in [-0.05, 0) is 38.0 Å². The lowest BCUT2D eigenvalue weighted by molar-refractivity contribution is -0.119. The quantitative estimate of drug-likeness (QED) is 0.477. The standard InChI is InChI=1S/C20H39N5O2/c1-5-22-19(24-16-8-10-25(11-9-16)14-17(21)26)23-13-15-7-6-12-27-18(15)20(2,3)4/h15-16,18H,5-14H2,1-4H3,(H2,21,26)(H2,22,23,24). The Hall–Kier alpha value is -1.34. The van der Waals surface area contributed by atoms with Crippen LogP contribution in [0.1, 0.15) is 53.4 Å². The summed E-state index contributed by atoms with van der Waals surface area (Å²) in [6.07, 6.45) is 4.55. The molecule has 0 aromatic heterocycles. The average molecular weight is 382 g/mol. The molecular formula is C20H39N5O2. The number of carbonyl (C=O) groups excluding carboxylic acids is 1. The van der Waals surface area contributed by atoms with Gasteiger partial charge in [0.05, 0.1) is 12.6 Å². The van der Waals surface area contributed by atoms with Crippen LogP contribution in [0.4, 0.5) is 0 Å². The van der Waals surface area contributed by atoms with Crippen LogP contribution in [0.25, 0.3) is 0 Å². The molecule has 0 bridgehead atoms. The largest absolute Gasteiger partial charge is 0.377 e. The highest BCUT2D eigenvalue weighted by Crippen LogP contribution is 2.34. The Morgan fingerprint density at radius 3 is 2.56 bits per heavy atom. The van der Waals surface area contributed by atoms with E-state index in [9.17, 15) is 4.79 Å². The van der Waals surface area contributed by atoms with Crippen molar-refractivity contribution in [3.05, 3.63) is 0 Å². The highest BCUT2D eigenvalue weighted by atomic mass is 16.5. The number of aliphatic imine (C=N–C) groups is 1. The minimum Gasteiger partial charge on any atom is -0.377 e. The molecule has 7 heteroatoms. The van der Waals surface area contributed by atoms with E-state index in [1.807, 2.05) is 0 Å². The molecule has 27 heavy (non-hydrogen) atoms. The molecule has 7 nitrogen and oxygen atoms in total. The predicted octanol–water partition coefficient (Wildman–Crippen LogP) is 1.33. The third-order valence-corrected chi connectivity index (χ3v) is 5.43. The molecule has 1 amide bonds. The van der Waals surface area contributed by atoms with Crippen molar-refractivity contribution in [2.24, 2.45) is 22.1 Å². The van der Waals surface area contributed by atoms with Gasteiger partial charge in [-0.2, -0.15) is 0 Å². The highest BCUT2D eigenvalue weighted by molar-refractivity contribution is 5.80. The topological polar surface area (TPSA) is 92.0 Å². The van der Waals surface area contributed by atoms with Crippen molar-refractivity contribution in [2.45, 2.75) is 65.5 Å². The molecule has 4 N–H and O–H groups in total. The zero-order valence-corrected chi connectivity index (χ0v) is 17.6. The monoisotopic (exact) mass is 381 g/mol. The molecule has 2 heterocycles.